The smallest absolute Gasteiger partial charge is 0.225 e. The van der Waals surface area contributed by atoms with Crippen molar-refractivity contribution in [3.8, 4) is 0 Å². The number of carbonyl (C=O) groups is 1. The summed E-state index contributed by atoms with van der Waals surface area (Å²) in [4.78, 5) is 18.5. The second-order valence-corrected chi connectivity index (χ2v) is 5.80. The Morgan fingerprint density at radius 1 is 1.32 bits per heavy atom. The maximum atomic E-state index is 12.0. The molecule has 1 amide bonds. The van der Waals surface area contributed by atoms with Gasteiger partial charge in [-0.25, -0.2) is 4.98 Å². The van der Waals surface area contributed by atoms with Gasteiger partial charge in [0, 0.05) is 31.8 Å². The van der Waals surface area contributed by atoms with Gasteiger partial charge in [-0.05, 0) is 31.6 Å². The lowest BCUT2D eigenvalue weighted by Crippen LogP contribution is -2.39. The van der Waals surface area contributed by atoms with Crippen molar-refractivity contribution in [1.82, 2.24) is 20.1 Å². The number of hydrogen-bond acceptors (Lipinski definition) is 3. The number of aromatic nitrogens is 3. The van der Waals surface area contributed by atoms with E-state index >= 15 is 0 Å². The third-order valence-electron chi connectivity index (χ3n) is 4.23. The summed E-state index contributed by atoms with van der Waals surface area (Å²) in [6.45, 7) is 3.92. The highest BCUT2D eigenvalue weighted by Crippen LogP contribution is 2.32. The Morgan fingerprint density at radius 3 is 2.63 bits per heavy atom. The molecule has 1 saturated heterocycles. The molecule has 0 atom stereocenters. The van der Waals surface area contributed by atoms with Crippen LogP contribution in [0, 0.1) is 11.8 Å². The van der Waals surface area contributed by atoms with E-state index in [2.05, 4.69) is 27.0 Å². The average Bonchev–Trinajstić information content (AvgIpc) is 3.19. The number of nitrogens with one attached hydrogen (secondary N) is 1. The van der Waals surface area contributed by atoms with E-state index < -0.39 is 0 Å². The monoisotopic (exact) mass is 262 g/mol. The van der Waals surface area contributed by atoms with Gasteiger partial charge in [0.25, 0.3) is 0 Å². The van der Waals surface area contributed by atoms with E-state index in [4.69, 9.17) is 0 Å². The Morgan fingerprint density at radius 2 is 2.05 bits per heavy atom. The molecule has 1 aromatic rings. The van der Waals surface area contributed by atoms with Crippen molar-refractivity contribution >= 4 is 5.91 Å². The van der Waals surface area contributed by atoms with E-state index in [-0.39, 0.29) is 0 Å². The van der Waals surface area contributed by atoms with Crippen LogP contribution in [0.5, 0.6) is 0 Å². The van der Waals surface area contributed by atoms with Crippen molar-refractivity contribution < 1.29 is 4.79 Å². The summed E-state index contributed by atoms with van der Waals surface area (Å²) < 4.78 is 0. The molecule has 0 aromatic carbocycles. The number of likely N-dealkylation sites (tertiary alicyclic amines) is 1. The van der Waals surface area contributed by atoms with E-state index in [0.717, 1.165) is 63.3 Å². The number of aryl methyl sites for hydroxylation is 1. The summed E-state index contributed by atoms with van der Waals surface area (Å²) in [6, 6.07) is 0. The molecule has 2 aliphatic rings. The number of aromatic amines is 1. The molecule has 19 heavy (non-hydrogen) atoms. The van der Waals surface area contributed by atoms with Crippen LogP contribution in [0.3, 0.4) is 0 Å². The minimum Gasteiger partial charge on any atom is -0.342 e. The van der Waals surface area contributed by atoms with Crippen molar-refractivity contribution in [1.29, 1.82) is 0 Å². The van der Waals surface area contributed by atoms with Crippen LogP contribution in [0.25, 0.3) is 0 Å². The van der Waals surface area contributed by atoms with Crippen molar-refractivity contribution in [3.05, 3.63) is 11.6 Å². The maximum absolute atomic E-state index is 12.0. The zero-order chi connectivity index (χ0) is 13.2. The van der Waals surface area contributed by atoms with Gasteiger partial charge < -0.3 is 4.90 Å². The third kappa shape index (κ3) is 2.96. The minimum atomic E-state index is 0.359. The van der Waals surface area contributed by atoms with Crippen LogP contribution in [-0.4, -0.2) is 39.1 Å². The normalized spacial score (nSPS) is 20.8. The van der Waals surface area contributed by atoms with Crippen LogP contribution in [0.2, 0.25) is 0 Å². The highest BCUT2D eigenvalue weighted by Gasteiger charge is 2.34. The number of H-pyrrole nitrogens is 1. The summed E-state index contributed by atoms with van der Waals surface area (Å²) in [5.74, 6) is 3.30. The van der Waals surface area contributed by atoms with Gasteiger partial charge in [0.1, 0.15) is 11.6 Å². The molecule has 0 spiro atoms. The number of carbonyl (C=O) groups excluding carboxylic acids is 1. The van der Waals surface area contributed by atoms with Gasteiger partial charge in [-0.15, -0.1) is 0 Å². The maximum Gasteiger partial charge on any atom is 0.225 e. The first-order valence-corrected chi connectivity index (χ1v) is 7.45. The van der Waals surface area contributed by atoms with Gasteiger partial charge >= 0.3 is 0 Å². The molecule has 3 rings (SSSR count). The number of amides is 1. The molecule has 5 nitrogen and oxygen atoms in total. The number of hydrogen-bond donors (Lipinski definition) is 1. The SMILES string of the molecule is CCc1n[nH]c(CC2CCN(C(=O)C3CC3)CC2)n1. The van der Waals surface area contributed by atoms with Crippen LogP contribution in [0.4, 0.5) is 0 Å². The number of piperidine rings is 1. The molecule has 2 fully saturated rings. The third-order valence-corrected chi connectivity index (χ3v) is 4.23. The van der Waals surface area contributed by atoms with Crippen LogP contribution in [0.1, 0.15) is 44.3 Å². The lowest BCUT2D eigenvalue weighted by atomic mass is 9.93. The molecule has 2 heterocycles. The van der Waals surface area contributed by atoms with Crippen molar-refractivity contribution in [2.24, 2.45) is 11.8 Å². The fourth-order valence-electron chi connectivity index (χ4n) is 2.80. The largest absolute Gasteiger partial charge is 0.342 e. The first-order valence-electron chi connectivity index (χ1n) is 7.45. The lowest BCUT2D eigenvalue weighted by Gasteiger charge is -2.31. The summed E-state index contributed by atoms with van der Waals surface area (Å²) in [5, 5.41) is 7.20. The molecule has 5 heteroatoms. The van der Waals surface area contributed by atoms with E-state index in [1.165, 1.54) is 0 Å². The zero-order valence-corrected chi connectivity index (χ0v) is 11.6. The van der Waals surface area contributed by atoms with Gasteiger partial charge in [-0.1, -0.05) is 6.92 Å². The molecule has 104 valence electrons. The first kappa shape index (κ1) is 12.6. The molecule has 1 aliphatic carbocycles. The topological polar surface area (TPSA) is 61.9 Å². The highest BCUT2D eigenvalue weighted by atomic mass is 16.2. The van der Waals surface area contributed by atoms with E-state index in [9.17, 15) is 4.79 Å². The molecular formula is C14H22N4O. The quantitative estimate of drug-likeness (QED) is 0.895. The van der Waals surface area contributed by atoms with E-state index in [0.29, 0.717) is 17.7 Å². The molecule has 1 aliphatic heterocycles. The highest BCUT2D eigenvalue weighted by molar-refractivity contribution is 5.81. The molecular weight excluding hydrogens is 240 g/mol. The van der Waals surface area contributed by atoms with Crippen LogP contribution in [-0.2, 0) is 17.6 Å². The van der Waals surface area contributed by atoms with Gasteiger partial charge in [0.15, 0.2) is 0 Å². The fraction of sp³-hybridized carbons (Fsp3) is 0.786. The number of nitrogens with zero attached hydrogens (tertiary/aromatic N) is 3. The Labute approximate surface area is 113 Å². The summed E-state index contributed by atoms with van der Waals surface area (Å²) in [6.07, 6.45) is 6.26. The fourth-order valence-corrected chi connectivity index (χ4v) is 2.80. The van der Waals surface area contributed by atoms with Gasteiger partial charge in [-0.3, -0.25) is 9.89 Å². The van der Waals surface area contributed by atoms with E-state index in [1.54, 1.807) is 0 Å². The molecule has 0 radical (unpaired) electrons. The summed E-state index contributed by atoms with van der Waals surface area (Å²) in [5.41, 5.74) is 0. The second-order valence-electron chi connectivity index (χ2n) is 5.80. The molecule has 0 unspecified atom stereocenters. The Hall–Kier alpha value is -1.39. The van der Waals surface area contributed by atoms with Crippen LogP contribution < -0.4 is 0 Å². The van der Waals surface area contributed by atoms with Crippen molar-refractivity contribution in [2.45, 2.75) is 45.4 Å². The lowest BCUT2D eigenvalue weighted by molar-refractivity contribution is -0.133. The second kappa shape index (κ2) is 5.31. The van der Waals surface area contributed by atoms with Gasteiger partial charge in [0.2, 0.25) is 5.91 Å². The van der Waals surface area contributed by atoms with Gasteiger partial charge in [0.05, 0.1) is 0 Å². The van der Waals surface area contributed by atoms with Crippen molar-refractivity contribution in [2.75, 3.05) is 13.1 Å². The predicted octanol–water partition coefficient (Wildman–Crippen LogP) is 1.56. The molecule has 1 saturated carbocycles. The summed E-state index contributed by atoms with van der Waals surface area (Å²) >= 11 is 0. The average molecular weight is 262 g/mol. The minimum absolute atomic E-state index is 0.359. The Balaban J connectivity index is 1.48. The van der Waals surface area contributed by atoms with Crippen LogP contribution >= 0.6 is 0 Å². The predicted molar refractivity (Wildman–Crippen MR) is 71.5 cm³/mol. The first-order chi connectivity index (χ1) is 9.26. The molecule has 1 aromatic heterocycles. The summed E-state index contributed by atoms with van der Waals surface area (Å²) in [7, 11) is 0. The number of rotatable bonds is 4. The Kier molecular flexibility index (Phi) is 3.53. The molecule has 1 N–H and O–H groups in total. The molecule has 0 bridgehead atoms. The zero-order valence-electron chi connectivity index (χ0n) is 11.6. The van der Waals surface area contributed by atoms with Gasteiger partial charge in [-0.2, -0.15) is 5.10 Å². The van der Waals surface area contributed by atoms with E-state index in [1.807, 2.05) is 0 Å². The van der Waals surface area contributed by atoms with Crippen LogP contribution in [0.15, 0.2) is 0 Å². The Bertz CT molecular complexity index is 444. The standard InChI is InChI=1S/C14H22N4O/c1-2-12-15-13(17-16-12)9-10-5-7-18(8-6-10)14(19)11-3-4-11/h10-11H,2-9H2,1H3,(H,15,16,17). The van der Waals surface area contributed by atoms with Crippen molar-refractivity contribution in [3.63, 3.8) is 0 Å².